The Bertz CT molecular complexity index is 897. The molecular weight excluding hydrogens is 350 g/mol. The Kier molecular flexibility index (Phi) is 4.78. The minimum atomic E-state index is 0.569. The average Bonchev–Trinajstić information content (AvgIpc) is 3.21. The van der Waals surface area contributed by atoms with Crippen LogP contribution in [0.4, 0.5) is 0 Å². The number of fused-ring (bicyclic) bond motifs is 1. The van der Waals surface area contributed by atoms with Crippen molar-refractivity contribution < 1.29 is 0 Å². The zero-order valence-electron chi connectivity index (χ0n) is 14.0. The van der Waals surface area contributed by atoms with Crippen LogP contribution in [0.25, 0.3) is 10.2 Å². The van der Waals surface area contributed by atoms with Gasteiger partial charge in [-0.05, 0) is 37.2 Å². The first-order chi connectivity index (χ1) is 12.2. The summed E-state index contributed by atoms with van der Waals surface area (Å²) < 4.78 is 5.89. The van der Waals surface area contributed by atoms with Gasteiger partial charge in [0.2, 0.25) is 0 Å². The van der Waals surface area contributed by atoms with E-state index in [4.69, 9.17) is 17.2 Å². The highest BCUT2D eigenvalue weighted by molar-refractivity contribution is 7.71. The molecule has 0 aliphatic carbocycles. The second-order valence-electron chi connectivity index (χ2n) is 6.41. The maximum absolute atomic E-state index is 5.48. The quantitative estimate of drug-likeness (QED) is 0.501. The van der Waals surface area contributed by atoms with Crippen LogP contribution in [-0.4, -0.2) is 37.3 Å². The summed E-state index contributed by atoms with van der Waals surface area (Å²) in [7, 11) is 0. The van der Waals surface area contributed by atoms with Gasteiger partial charge in [0.15, 0.2) is 4.77 Å². The van der Waals surface area contributed by atoms with Crippen molar-refractivity contribution >= 4 is 33.8 Å². The van der Waals surface area contributed by atoms with E-state index in [1.165, 1.54) is 9.71 Å². The van der Waals surface area contributed by atoms with E-state index in [1.54, 1.807) is 6.33 Å². The molecule has 3 aromatic rings. The van der Waals surface area contributed by atoms with Crippen molar-refractivity contribution in [2.45, 2.75) is 32.0 Å². The number of para-hydroxylation sites is 1. The van der Waals surface area contributed by atoms with Gasteiger partial charge in [-0.25, -0.2) is 9.67 Å². The molecule has 0 spiro atoms. The Morgan fingerprint density at radius 2 is 2.08 bits per heavy atom. The highest BCUT2D eigenvalue weighted by Gasteiger charge is 2.23. The number of allylic oxidation sites excluding steroid dienone is 1. The average molecular weight is 372 g/mol. The maximum Gasteiger partial charge on any atom is 0.199 e. The van der Waals surface area contributed by atoms with Crippen LogP contribution in [0.2, 0.25) is 0 Å². The SMILES string of the molecule is C=CCn1cnn(CN2CCC(c3nc4ccccc4s3)CC2)c1=S. The van der Waals surface area contributed by atoms with Crippen molar-refractivity contribution in [3.05, 3.63) is 53.0 Å². The topological polar surface area (TPSA) is 38.9 Å². The Morgan fingerprint density at radius 3 is 2.84 bits per heavy atom. The summed E-state index contributed by atoms with van der Waals surface area (Å²) in [5, 5.41) is 5.70. The molecule has 25 heavy (non-hydrogen) atoms. The summed E-state index contributed by atoms with van der Waals surface area (Å²) >= 11 is 7.32. The number of aromatic nitrogens is 4. The molecule has 4 rings (SSSR count). The number of likely N-dealkylation sites (tertiary alicyclic amines) is 1. The molecule has 0 amide bonds. The van der Waals surface area contributed by atoms with E-state index in [0.717, 1.165) is 42.9 Å². The maximum atomic E-state index is 5.48. The standard InChI is InChI=1S/C18H21N5S2/c1-2-9-22-12-19-23(18(22)24)13-21-10-7-14(8-11-21)17-20-15-5-3-4-6-16(15)25-17/h2-6,12,14H,1,7-11,13H2. The van der Waals surface area contributed by atoms with Crippen LogP contribution in [0.1, 0.15) is 23.8 Å². The Morgan fingerprint density at radius 1 is 1.28 bits per heavy atom. The van der Waals surface area contributed by atoms with E-state index >= 15 is 0 Å². The first-order valence-corrected chi connectivity index (χ1v) is 9.78. The lowest BCUT2D eigenvalue weighted by Crippen LogP contribution is -2.34. The second-order valence-corrected chi connectivity index (χ2v) is 7.84. The van der Waals surface area contributed by atoms with Gasteiger partial charge < -0.3 is 4.57 Å². The molecule has 0 N–H and O–H groups in total. The fourth-order valence-electron chi connectivity index (χ4n) is 3.31. The number of hydrogen-bond donors (Lipinski definition) is 0. The molecule has 0 unspecified atom stereocenters. The molecule has 5 nitrogen and oxygen atoms in total. The summed E-state index contributed by atoms with van der Waals surface area (Å²) in [6, 6.07) is 8.41. The molecule has 130 valence electrons. The van der Waals surface area contributed by atoms with Crippen LogP contribution in [-0.2, 0) is 13.2 Å². The third-order valence-electron chi connectivity index (χ3n) is 4.70. The van der Waals surface area contributed by atoms with Gasteiger partial charge in [0.1, 0.15) is 6.33 Å². The first kappa shape index (κ1) is 16.6. The smallest absolute Gasteiger partial charge is 0.199 e. The molecule has 2 aromatic heterocycles. The summed E-state index contributed by atoms with van der Waals surface area (Å²) in [6.45, 7) is 7.33. The fourth-order valence-corrected chi connectivity index (χ4v) is 4.67. The van der Waals surface area contributed by atoms with Crippen LogP contribution in [0, 0.1) is 4.77 Å². The minimum absolute atomic E-state index is 0.569. The van der Waals surface area contributed by atoms with Crippen LogP contribution < -0.4 is 0 Å². The second kappa shape index (κ2) is 7.19. The van der Waals surface area contributed by atoms with E-state index < -0.39 is 0 Å². The van der Waals surface area contributed by atoms with Gasteiger partial charge in [-0.2, -0.15) is 5.10 Å². The Balaban J connectivity index is 1.39. The van der Waals surface area contributed by atoms with Crippen molar-refractivity contribution in [2.75, 3.05) is 13.1 Å². The van der Waals surface area contributed by atoms with Crippen molar-refractivity contribution in [2.24, 2.45) is 0 Å². The van der Waals surface area contributed by atoms with Gasteiger partial charge in [-0.3, -0.25) is 4.90 Å². The number of nitrogens with zero attached hydrogens (tertiary/aromatic N) is 5. The van der Waals surface area contributed by atoms with Crippen LogP contribution in [0.5, 0.6) is 0 Å². The molecule has 0 saturated carbocycles. The lowest BCUT2D eigenvalue weighted by molar-refractivity contribution is 0.160. The predicted molar refractivity (Wildman–Crippen MR) is 104 cm³/mol. The highest BCUT2D eigenvalue weighted by atomic mass is 32.1. The number of thiazole rings is 1. The van der Waals surface area contributed by atoms with Crippen molar-refractivity contribution in [1.82, 2.24) is 24.2 Å². The molecule has 1 fully saturated rings. The number of rotatable bonds is 5. The molecule has 1 aliphatic heterocycles. The third kappa shape index (κ3) is 3.44. The molecule has 1 saturated heterocycles. The molecule has 0 atom stereocenters. The normalized spacial score (nSPS) is 16.5. The van der Waals surface area contributed by atoms with E-state index in [9.17, 15) is 0 Å². The third-order valence-corrected chi connectivity index (χ3v) is 6.35. The summed E-state index contributed by atoms with van der Waals surface area (Å²) in [4.78, 5) is 7.26. The van der Waals surface area contributed by atoms with Crippen LogP contribution >= 0.6 is 23.6 Å². The molecule has 7 heteroatoms. The first-order valence-electron chi connectivity index (χ1n) is 8.55. The van der Waals surface area contributed by atoms with Gasteiger partial charge in [-0.1, -0.05) is 18.2 Å². The number of hydrogen-bond acceptors (Lipinski definition) is 5. The monoisotopic (exact) mass is 371 g/mol. The molecule has 0 bridgehead atoms. The molecule has 0 radical (unpaired) electrons. The van der Waals surface area contributed by atoms with Gasteiger partial charge in [0.05, 0.1) is 21.9 Å². The van der Waals surface area contributed by atoms with Gasteiger partial charge in [0.25, 0.3) is 0 Å². The zero-order valence-corrected chi connectivity index (χ0v) is 15.7. The van der Waals surface area contributed by atoms with Crippen molar-refractivity contribution in [3.8, 4) is 0 Å². The van der Waals surface area contributed by atoms with E-state index in [1.807, 2.05) is 26.7 Å². The molecule has 1 aliphatic rings. The van der Waals surface area contributed by atoms with Crippen molar-refractivity contribution in [1.29, 1.82) is 0 Å². The van der Waals surface area contributed by atoms with E-state index in [2.05, 4.69) is 40.8 Å². The fraction of sp³-hybridized carbons (Fsp3) is 0.389. The highest BCUT2D eigenvalue weighted by Crippen LogP contribution is 2.33. The van der Waals surface area contributed by atoms with Gasteiger partial charge in [0, 0.05) is 25.6 Å². The Hall–Kier alpha value is -1.83. The van der Waals surface area contributed by atoms with E-state index in [-0.39, 0.29) is 0 Å². The lowest BCUT2D eigenvalue weighted by atomic mass is 9.98. The largest absolute Gasteiger partial charge is 0.303 e. The number of benzene rings is 1. The summed E-state index contributed by atoms with van der Waals surface area (Å²) in [6.07, 6.45) is 5.91. The van der Waals surface area contributed by atoms with Crippen molar-refractivity contribution in [3.63, 3.8) is 0 Å². The predicted octanol–water partition coefficient (Wildman–Crippen LogP) is 4.05. The van der Waals surface area contributed by atoms with Gasteiger partial charge >= 0.3 is 0 Å². The summed E-state index contributed by atoms with van der Waals surface area (Å²) in [5.41, 5.74) is 1.13. The van der Waals surface area contributed by atoms with Gasteiger partial charge in [-0.15, -0.1) is 17.9 Å². The van der Waals surface area contributed by atoms with Crippen LogP contribution in [0.3, 0.4) is 0 Å². The lowest BCUT2D eigenvalue weighted by Gasteiger charge is -2.30. The minimum Gasteiger partial charge on any atom is -0.303 e. The van der Waals surface area contributed by atoms with E-state index in [0.29, 0.717) is 12.5 Å². The molecule has 3 heterocycles. The zero-order chi connectivity index (χ0) is 17.2. The molecule has 1 aromatic carbocycles. The molecular formula is C18H21N5S2. The number of piperidine rings is 1. The summed E-state index contributed by atoms with van der Waals surface area (Å²) in [5.74, 6) is 0.569. The van der Waals surface area contributed by atoms with Crippen LogP contribution in [0.15, 0.2) is 43.2 Å². The Labute approximate surface area is 156 Å².